The number of hydrogen-bond donors (Lipinski definition) is 0. The highest BCUT2D eigenvalue weighted by atomic mass is 35.5. The minimum absolute atomic E-state index is 0. The van der Waals surface area contributed by atoms with Crippen molar-refractivity contribution in [2.24, 2.45) is 0 Å². The maximum atomic E-state index is 5.16. The summed E-state index contributed by atoms with van der Waals surface area (Å²) in [6.07, 6.45) is 2.48. The van der Waals surface area contributed by atoms with E-state index in [9.17, 15) is 0 Å². The molecular weight excluding hydrogens is 294 g/mol. The minimum atomic E-state index is 0. The Hall–Kier alpha value is -1.51. The lowest BCUT2D eigenvalue weighted by Crippen LogP contribution is -2.32. The molecule has 0 atom stereocenters. The smallest absolute Gasteiger partial charge is 0.0713 e. The molecule has 22 heavy (non-hydrogen) atoms. The number of ether oxygens (including phenoxy) is 1. The van der Waals surface area contributed by atoms with Crippen molar-refractivity contribution in [2.45, 2.75) is 25.4 Å². The molecule has 0 spiro atoms. The molecular formula is C19H24ClNO. The van der Waals surface area contributed by atoms with Crippen molar-refractivity contribution in [3.63, 3.8) is 0 Å². The normalized spacial score (nSPS) is 15.4. The fourth-order valence-electron chi connectivity index (χ4n) is 3.17. The molecule has 2 aromatic carbocycles. The topological polar surface area (TPSA) is 12.5 Å². The average molecular weight is 318 g/mol. The molecule has 1 aliphatic rings. The van der Waals surface area contributed by atoms with Crippen LogP contribution in [0.25, 0.3) is 0 Å². The van der Waals surface area contributed by atoms with Gasteiger partial charge in [-0.05, 0) is 42.0 Å². The second-order valence-electron chi connectivity index (χ2n) is 5.77. The Bertz CT molecular complexity index is 547. The van der Waals surface area contributed by atoms with Gasteiger partial charge in [-0.25, -0.2) is 0 Å². The first-order chi connectivity index (χ1) is 10.4. The molecule has 118 valence electrons. The van der Waals surface area contributed by atoms with Gasteiger partial charge in [-0.2, -0.15) is 0 Å². The van der Waals surface area contributed by atoms with Crippen LogP contribution >= 0.6 is 12.4 Å². The highest BCUT2D eigenvalue weighted by Crippen LogP contribution is 2.30. The van der Waals surface area contributed by atoms with Crippen LogP contribution in [-0.2, 0) is 11.3 Å². The zero-order valence-corrected chi connectivity index (χ0v) is 13.9. The second kappa shape index (κ2) is 8.21. The number of halogens is 1. The van der Waals surface area contributed by atoms with Crippen LogP contribution in [0.1, 0.15) is 29.9 Å². The minimum Gasteiger partial charge on any atom is -0.380 e. The maximum Gasteiger partial charge on any atom is 0.0713 e. The lowest BCUT2D eigenvalue weighted by atomic mass is 9.89. The van der Waals surface area contributed by atoms with Crippen molar-refractivity contribution in [3.8, 4) is 0 Å². The fourth-order valence-corrected chi connectivity index (χ4v) is 3.17. The SMILES string of the molecule is COCc1ccc(N2CCC(c3ccccc3)CC2)cc1.Cl. The molecule has 0 radical (unpaired) electrons. The third-order valence-electron chi connectivity index (χ3n) is 4.38. The van der Waals surface area contributed by atoms with Crippen LogP contribution in [0.4, 0.5) is 5.69 Å². The van der Waals surface area contributed by atoms with Crippen molar-refractivity contribution in [1.82, 2.24) is 0 Å². The summed E-state index contributed by atoms with van der Waals surface area (Å²) in [5, 5.41) is 0. The highest BCUT2D eigenvalue weighted by molar-refractivity contribution is 5.85. The maximum absolute atomic E-state index is 5.16. The van der Waals surface area contributed by atoms with Gasteiger partial charge in [-0.15, -0.1) is 12.4 Å². The second-order valence-corrected chi connectivity index (χ2v) is 5.77. The number of rotatable bonds is 4. The molecule has 0 saturated carbocycles. The van der Waals surface area contributed by atoms with Crippen molar-refractivity contribution < 1.29 is 4.74 Å². The van der Waals surface area contributed by atoms with Gasteiger partial charge >= 0.3 is 0 Å². The largest absolute Gasteiger partial charge is 0.380 e. The molecule has 0 N–H and O–H groups in total. The molecule has 3 rings (SSSR count). The fraction of sp³-hybridized carbons (Fsp3) is 0.368. The molecule has 3 heteroatoms. The predicted octanol–water partition coefficient (Wildman–Crippen LogP) is 4.64. The molecule has 2 nitrogen and oxygen atoms in total. The third-order valence-corrected chi connectivity index (χ3v) is 4.38. The first-order valence-electron chi connectivity index (χ1n) is 7.74. The van der Waals surface area contributed by atoms with Gasteiger partial charge in [0.2, 0.25) is 0 Å². The Morgan fingerprint density at radius 2 is 1.59 bits per heavy atom. The van der Waals surface area contributed by atoms with Gasteiger partial charge in [-0.1, -0.05) is 42.5 Å². The van der Waals surface area contributed by atoms with E-state index in [1.807, 2.05) is 0 Å². The summed E-state index contributed by atoms with van der Waals surface area (Å²) in [5.74, 6) is 0.718. The van der Waals surface area contributed by atoms with E-state index in [4.69, 9.17) is 4.74 Å². The van der Waals surface area contributed by atoms with E-state index in [0.29, 0.717) is 6.61 Å². The molecule has 1 heterocycles. The van der Waals surface area contributed by atoms with Gasteiger partial charge in [0, 0.05) is 25.9 Å². The summed E-state index contributed by atoms with van der Waals surface area (Å²) >= 11 is 0. The Morgan fingerprint density at radius 1 is 0.955 bits per heavy atom. The Kier molecular flexibility index (Phi) is 6.29. The van der Waals surface area contributed by atoms with Crippen LogP contribution in [0, 0.1) is 0 Å². The number of methoxy groups -OCH3 is 1. The number of benzene rings is 2. The monoisotopic (exact) mass is 317 g/mol. The molecule has 0 unspecified atom stereocenters. The van der Waals surface area contributed by atoms with E-state index in [-0.39, 0.29) is 12.4 Å². The van der Waals surface area contributed by atoms with Gasteiger partial charge in [-0.3, -0.25) is 0 Å². The molecule has 0 amide bonds. The lowest BCUT2D eigenvalue weighted by Gasteiger charge is -2.34. The van der Waals surface area contributed by atoms with E-state index in [0.717, 1.165) is 19.0 Å². The summed E-state index contributed by atoms with van der Waals surface area (Å²) in [7, 11) is 1.74. The zero-order valence-electron chi connectivity index (χ0n) is 13.1. The number of hydrogen-bond acceptors (Lipinski definition) is 2. The van der Waals surface area contributed by atoms with Gasteiger partial charge in [0.25, 0.3) is 0 Å². The van der Waals surface area contributed by atoms with Crippen LogP contribution in [0.2, 0.25) is 0 Å². The molecule has 2 aromatic rings. The van der Waals surface area contributed by atoms with E-state index < -0.39 is 0 Å². The summed E-state index contributed by atoms with van der Waals surface area (Å²) < 4.78 is 5.16. The molecule has 1 saturated heterocycles. The van der Waals surface area contributed by atoms with Crippen LogP contribution < -0.4 is 4.90 Å². The Balaban J connectivity index is 0.00000176. The quantitative estimate of drug-likeness (QED) is 0.814. The molecule has 0 aromatic heterocycles. The lowest BCUT2D eigenvalue weighted by molar-refractivity contribution is 0.185. The predicted molar refractivity (Wildman–Crippen MR) is 95.0 cm³/mol. The Morgan fingerprint density at radius 3 is 2.18 bits per heavy atom. The summed E-state index contributed by atoms with van der Waals surface area (Å²) in [4.78, 5) is 2.50. The van der Waals surface area contributed by atoms with Crippen molar-refractivity contribution in [2.75, 3.05) is 25.1 Å². The standard InChI is InChI=1S/C19H23NO.ClH/c1-21-15-16-7-9-19(10-8-16)20-13-11-18(12-14-20)17-5-3-2-4-6-17;/h2-10,18H,11-15H2,1H3;1H. The molecule has 1 fully saturated rings. The van der Waals surface area contributed by atoms with Gasteiger partial charge in [0.05, 0.1) is 6.61 Å². The van der Waals surface area contributed by atoms with Crippen molar-refractivity contribution >= 4 is 18.1 Å². The van der Waals surface area contributed by atoms with Crippen LogP contribution in [0.15, 0.2) is 54.6 Å². The van der Waals surface area contributed by atoms with Gasteiger partial charge < -0.3 is 9.64 Å². The van der Waals surface area contributed by atoms with E-state index in [1.165, 1.54) is 29.7 Å². The average Bonchev–Trinajstić information content (AvgIpc) is 2.57. The number of anilines is 1. The van der Waals surface area contributed by atoms with Crippen molar-refractivity contribution in [1.29, 1.82) is 0 Å². The highest BCUT2D eigenvalue weighted by Gasteiger charge is 2.20. The summed E-state index contributed by atoms with van der Waals surface area (Å²) in [6, 6.07) is 19.7. The third kappa shape index (κ3) is 4.02. The molecule has 0 bridgehead atoms. The summed E-state index contributed by atoms with van der Waals surface area (Å²) in [6.45, 7) is 2.97. The Labute approximate surface area is 139 Å². The first kappa shape index (κ1) is 16.9. The zero-order chi connectivity index (χ0) is 14.5. The number of nitrogens with zero attached hydrogens (tertiary/aromatic N) is 1. The summed E-state index contributed by atoms with van der Waals surface area (Å²) in [5.41, 5.74) is 4.06. The number of piperidine rings is 1. The van der Waals surface area contributed by atoms with Crippen molar-refractivity contribution in [3.05, 3.63) is 65.7 Å². The van der Waals surface area contributed by atoms with Crippen LogP contribution in [0.3, 0.4) is 0 Å². The van der Waals surface area contributed by atoms with E-state index >= 15 is 0 Å². The first-order valence-corrected chi connectivity index (χ1v) is 7.74. The van der Waals surface area contributed by atoms with E-state index in [2.05, 4.69) is 59.5 Å². The van der Waals surface area contributed by atoms with Gasteiger partial charge in [0.15, 0.2) is 0 Å². The van der Waals surface area contributed by atoms with Gasteiger partial charge in [0.1, 0.15) is 0 Å². The van der Waals surface area contributed by atoms with E-state index in [1.54, 1.807) is 7.11 Å². The van der Waals surface area contributed by atoms with Crippen LogP contribution in [0.5, 0.6) is 0 Å². The molecule has 0 aliphatic carbocycles. The van der Waals surface area contributed by atoms with Crippen LogP contribution in [-0.4, -0.2) is 20.2 Å². The molecule has 1 aliphatic heterocycles.